The molecule has 1 amide bonds. The Kier molecular flexibility index (Phi) is 7.62. The summed E-state index contributed by atoms with van der Waals surface area (Å²) in [7, 11) is 4.96. The Morgan fingerprint density at radius 1 is 1.18 bits per heavy atom. The summed E-state index contributed by atoms with van der Waals surface area (Å²) in [4.78, 5) is 25.0. The summed E-state index contributed by atoms with van der Waals surface area (Å²) in [5.41, 5.74) is -0.516. The van der Waals surface area contributed by atoms with Crippen molar-refractivity contribution in [3.05, 3.63) is 72.3 Å². The fourth-order valence-corrected chi connectivity index (χ4v) is 3.71. The van der Waals surface area contributed by atoms with Gasteiger partial charge in [0.2, 0.25) is 11.9 Å². The van der Waals surface area contributed by atoms with E-state index in [4.69, 9.17) is 4.74 Å². The number of nitrogens with one attached hydrogen (secondary N) is 3. The number of likely N-dealkylation sites (N-methyl/N-ethyl adjacent to an activating group) is 1. The molecule has 4 rings (SSSR count). The van der Waals surface area contributed by atoms with Gasteiger partial charge in [-0.2, -0.15) is 13.2 Å². The lowest BCUT2D eigenvalue weighted by Gasteiger charge is -2.16. The van der Waals surface area contributed by atoms with Crippen LogP contribution in [0.25, 0.3) is 22.2 Å². The van der Waals surface area contributed by atoms with Crippen LogP contribution in [0.5, 0.6) is 5.75 Å². The molecule has 3 N–H and O–H groups in total. The van der Waals surface area contributed by atoms with Crippen LogP contribution in [0.2, 0.25) is 0 Å². The van der Waals surface area contributed by atoms with E-state index in [9.17, 15) is 22.4 Å². The number of benzene rings is 2. The first-order valence-electron chi connectivity index (χ1n) is 11.3. The zero-order chi connectivity index (χ0) is 27.4. The fraction of sp³-hybridized carbons (Fsp3) is 0.192. The minimum Gasteiger partial charge on any atom is -0.494 e. The third-order valence-corrected chi connectivity index (χ3v) is 5.47. The number of anilines is 3. The van der Waals surface area contributed by atoms with Crippen LogP contribution in [0.4, 0.5) is 34.9 Å². The third-order valence-electron chi connectivity index (χ3n) is 5.47. The predicted octanol–water partition coefficient (Wildman–Crippen LogP) is 5.59. The van der Waals surface area contributed by atoms with E-state index in [1.165, 1.54) is 25.4 Å². The highest BCUT2D eigenvalue weighted by Gasteiger charge is 2.36. The van der Waals surface area contributed by atoms with Gasteiger partial charge in [-0.15, -0.1) is 0 Å². The second kappa shape index (κ2) is 10.9. The van der Waals surface area contributed by atoms with Crippen molar-refractivity contribution >= 4 is 34.1 Å². The molecule has 198 valence electrons. The number of fused-ring (bicyclic) bond motifs is 1. The summed E-state index contributed by atoms with van der Waals surface area (Å²) < 4.78 is 61.4. The molecule has 4 aromatic rings. The minimum atomic E-state index is -4.71. The Balaban J connectivity index is 1.71. The van der Waals surface area contributed by atoms with Gasteiger partial charge in [-0.25, -0.2) is 14.4 Å². The lowest BCUT2D eigenvalue weighted by Crippen LogP contribution is -2.14. The Labute approximate surface area is 215 Å². The molecule has 0 bridgehead atoms. The number of aromatic nitrogens is 3. The first-order valence-corrected chi connectivity index (χ1v) is 11.3. The maximum Gasteiger partial charge on any atom is 0.419 e. The Bertz CT molecular complexity index is 1500. The number of para-hydroxylation sites is 1. The molecule has 0 saturated carbocycles. The molecule has 8 nitrogen and oxygen atoms in total. The number of halogens is 4. The van der Waals surface area contributed by atoms with Gasteiger partial charge < -0.3 is 25.3 Å². The molecular weight excluding hydrogens is 504 g/mol. The van der Waals surface area contributed by atoms with Crippen LogP contribution in [0.3, 0.4) is 0 Å². The molecule has 0 saturated heterocycles. The van der Waals surface area contributed by atoms with E-state index in [-0.39, 0.29) is 34.3 Å². The van der Waals surface area contributed by atoms with Crippen LogP contribution in [0.1, 0.15) is 5.56 Å². The SMILES string of the molecule is COc1cc(F)c(NC(=O)/C=C/CN(C)C)cc1Nc1ncc(C(F)(F)F)c(-c2c[nH]c3ccccc23)n1. The standard InChI is InChI=1S/C26H24F4N6O2/c1-36(2)10-6-9-23(37)33-20-12-21(22(38-3)11-18(20)27)34-25-32-14-17(26(28,29)30)24(35-25)16-13-31-19-8-5-4-7-15(16)19/h4-9,11-14,31H,10H2,1-3H3,(H,33,37)(H,32,34,35)/b9-6+. The zero-order valence-electron chi connectivity index (χ0n) is 20.7. The van der Waals surface area contributed by atoms with Crippen LogP contribution in [-0.2, 0) is 11.0 Å². The molecule has 0 fully saturated rings. The summed E-state index contributed by atoms with van der Waals surface area (Å²) in [6.07, 6.45) is 0.293. The number of H-pyrrole nitrogens is 1. The zero-order valence-corrected chi connectivity index (χ0v) is 20.7. The van der Waals surface area contributed by atoms with Gasteiger partial charge in [0.05, 0.1) is 24.2 Å². The first kappa shape index (κ1) is 26.6. The smallest absolute Gasteiger partial charge is 0.419 e. The number of alkyl halides is 3. The molecule has 0 unspecified atom stereocenters. The molecule has 0 aliphatic heterocycles. The van der Waals surface area contributed by atoms with Crippen molar-refractivity contribution in [2.24, 2.45) is 0 Å². The number of nitrogens with zero attached hydrogens (tertiary/aromatic N) is 3. The quantitative estimate of drug-likeness (QED) is 0.204. The number of aromatic amines is 1. The van der Waals surface area contributed by atoms with Crippen LogP contribution in [-0.4, -0.2) is 53.5 Å². The molecule has 2 heterocycles. The molecular formula is C26H24F4N6O2. The second-order valence-corrected chi connectivity index (χ2v) is 8.51. The van der Waals surface area contributed by atoms with Crippen molar-refractivity contribution in [1.82, 2.24) is 19.9 Å². The molecule has 0 spiro atoms. The largest absolute Gasteiger partial charge is 0.494 e. The van der Waals surface area contributed by atoms with Crippen molar-refractivity contribution in [1.29, 1.82) is 0 Å². The number of ether oxygens (including phenoxy) is 1. The highest BCUT2D eigenvalue weighted by Crippen LogP contribution is 2.39. The summed E-state index contributed by atoms with van der Waals surface area (Å²) in [5.74, 6) is -1.49. The second-order valence-electron chi connectivity index (χ2n) is 8.51. The van der Waals surface area contributed by atoms with E-state index in [1.807, 2.05) is 19.0 Å². The molecule has 12 heteroatoms. The molecule has 0 aliphatic carbocycles. The van der Waals surface area contributed by atoms with Gasteiger partial charge in [0.15, 0.2) is 5.82 Å². The minimum absolute atomic E-state index is 0.0285. The molecule has 38 heavy (non-hydrogen) atoms. The van der Waals surface area contributed by atoms with E-state index in [2.05, 4.69) is 25.6 Å². The van der Waals surface area contributed by atoms with Crippen molar-refractivity contribution in [2.75, 3.05) is 38.4 Å². The van der Waals surface area contributed by atoms with E-state index < -0.39 is 23.5 Å². The number of carbonyl (C=O) groups excluding carboxylic acids is 1. The van der Waals surface area contributed by atoms with E-state index in [0.717, 1.165) is 6.07 Å². The van der Waals surface area contributed by atoms with Crippen molar-refractivity contribution < 1.29 is 27.1 Å². The van der Waals surface area contributed by atoms with E-state index >= 15 is 0 Å². The topological polar surface area (TPSA) is 95.2 Å². The summed E-state index contributed by atoms with van der Waals surface area (Å²) >= 11 is 0. The first-order chi connectivity index (χ1) is 18.1. The third kappa shape index (κ3) is 5.92. The van der Waals surface area contributed by atoms with Gasteiger partial charge >= 0.3 is 6.18 Å². The van der Waals surface area contributed by atoms with Gasteiger partial charge in [0, 0.05) is 47.5 Å². The number of amides is 1. The van der Waals surface area contributed by atoms with Crippen LogP contribution in [0, 0.1) is 5.82 Å². The predicted molar refractivity (Wildman–Crippen MR) is 137 cm³/mol. The molecule has 0 radical (unpaired) electrons. The number of carbonyl (C=O) groups is 1. The summed E-state index contributed by atoms with van der Waals surface area (Å²) in [6, 6.07) is 9.17. The highest BCUT2D eigenvalue weighted by molar-refractivity contribution is 6.00. The molecule has 0 atom stereocenters. The Hall–Kier alpha value is -4.45. The number of hydrogen-bond acceptors (Lipinski definition) is 6. The average Bonchev–Trinajstić information content (AvgIpc) is 3.29. The normalized spacial score (nSPS) is 11.9. The number of methoxy groups -OCH3 is 1. The Morgan fingerprint density at radius 3 is 2.66 bits per heavy atom. The highest BCUT2D eigenvalue weighted by atomic mass is 19.4. The molecule has 2 aromatic heterocycles. The van der Waals surface area contributed by atoms with Gasteiger partial charge in [-0.05, 0) is 26.2 Å². The number of rotatable bonds is 8. The van der Waals surface area contributed by atoms with E-state index in [1.54, 1.807) is 30.3 Å². The monoisotopic (exact) mass is 528 g/mol. The Morgan fingerprint density at radius 2 is 1.95 bits per heavy atom. The van der Waals surface area contributed by atoms with E-state index in [0.29, 0.717) is 23.6 Å². The molecule has 0 aliphatic rings. The van der Waals surface area contributed by atoms with Gasteiger partial charge in [0.25, 0.3) is 0 Å². The van der Waals surface area contributed by atoms with Crippen molar-refractivity contribution in [2.45, 2.75) is 6.18 Å². The fourth-order valence-electron chi connectivity index (χ4n) is 3.71. The van der Waals surface area contributed by atoms with Gasteiger partial charge in [-0.1, -0.05) is 24.3 Å². The van der Waals surface area contributed by atoms with Gasteiger partial charge in [0.1, 0.15) is 11.3 Å². The number of hydrogen-bond donors (Lipinski definition) is 3. The lowest BCUT2D eigenvalue weighted by molar-refractivity contribution is -0.137. The average molecular weight is 529 g/mol. The van der Waals surface area contributed by atoms with Crippen LogP contribution >= 0.6 is 0 Å². The van der Waals surface area contributed by atoms with Crippen molar-refractivity contribution in [3.63, 3.8) is 0 Å². The summed E-state index contributed by atoms with van der Waals surface area (Å²) in [5, 5.41) is 5.77. The molecule has 2 aromatic carbocycles. The summed E-state index contributed by atoms with van der Waals surface area (Å²) in [6.45, 7) is 0.509. The van der Waals surface area contributed by atoms with Crippen LogP contribution in [0.15, 0.2) is 60.9 Å². The maximum atomic E-state index is 14.6. The van der Waals surface area contributed by atoms with Crippen molar-refractivity contribution in [3.8, 4) is 17.0 Å². The maximum absolute atomic E-state index is 14.6. The van der Waals surface area contributed by atoms with Crippen LogP contribution < -0.4 is 15.4 Å². The van der Waals surface area contributed by atoms with Gasteiger partial charge in [-0.3, -0.25) is 4.79 Å². The lowest BCUT2D eigenvalue weighted by atomic mass is 10.1.